The van der Waals surface area contributed by atoms with Crippen molar-refractivity contribution >= 4 is 27.7 Å². The molecule has 2 N–H and O–H groups in total. The molecule has 0 spiro atoms. The molecule has 1 aromatic rings. The van der Waals surface area contributed by atoms with Crippen molar-refractivity contribution in [3.63, 3.8) is 0 Å². The highest BCUT2D eigenvalue weighted by Gasteiger charge is 2.11. The predicted octanol–water partition coefficient (Wildman–Crippen LogP) is 0.710. The molecular formula is C10H12BrN3O2. The maximum Gasteiger partial charge on any atom is 0.271 e. The van der Waals surface area contributed by atoms with E-state index in [4.69, 9.17) is 0 Å². The van der Waals surface area contributed by atoms with Crippen molar-refractivity contribution in [3.05, 3.63) is 28.5 Å². The molecule has 1 heterocycles. The molecule has 0 saturated heterocycles. The van der Waals surface area contributed by atoms with Crippen LogP contribution in [-0.4, -0.2) is 29.9 Å². The van der Waals surface area contributed by atoms with E-state index in [1.165, 1.54) is 6.20 Å². The van der Waals surface area contributed by atoms with Crippen LogP contribution in [0.1, 0.15) is 17.4 Å². The van der Waals surface area contributed by atoms with Crippen molar-refractivity contribution in [2.24, 2.45) is 0 Å². The van der Waals surface area contributed by atoms with E-state index in [-0.39, 0.29) is 24.1 Å². The molecule has 0 aliphatic carbocycles. The van der Waals surface area contributed by atoms with Crippen LogP contribution in [-0.2, 0) is 4.79 Å². The molecule has 0 unspecified atom stereocenters. The number of carbonyl (C=O) groups is 2. The zero-order valence-electron chi connectivity index (χ0n) is 8.79. The van der Waals surface area contributed by atoms with Gasteiger partial charge in [-0.05, 0) is 35.0 Å². The number of amides is 2. The van der Waals surface area contributed by atoms with E-state index in [1.807, 2.05) is 6.92 Å². The van der Waals surface area contributed by atoms with Gasteiger partial charge in [-0.3, -0.25) is 9.59 Å². The summed E-state index contributed by atoms with van der Waals surface area (Å²) in [5, 5.41) is 5.06. The van der Waals surface area contributed by atoms with Crippen molar-refractivity contribution in [1.82, 2.24) is 15.6 Å². The predicted molar refractivity (Wildman–Crippen MR) is 63.0 cm³/mol. The quantitative estimate of drug-likeness (QED) is 0.856. The third kappa shape index (κ3) is 3.62. The van der Waals surface area contributed by atoms with Gasteiger partial charge in [-0.1, -0.05) is 0 Å². The van der Waals surface area contributed by atoms with Gasteiger partial charge in [0.1, 0.15) is 5.69 Å². The molecule has 0 aliphatic heterocycles. The number of hydrogen-bond acceptors (Lipinski definition) is 3. The van der Waals surface area contributed by atoms with E-state index >= 15 is 0 Å². The number of rotatable bonds is 4. The molecule has 1 aromatic heterocycles. The minimum absolute atomic E-state index is 0.0459. The smallest absolute Gasteiger partial charge is 0.271 e. The number of carbonyl (C=O) groups excluding carboxylic acids is 2. The Morgan fingerprint density at radius 3 is 2.81 bits per heavy atom. The van der Waals surface area contributed by atoms with Crippen LogP contribution in [0.2, 0.25) is 0 Å². The minimum Gasteiger partial charge on any atom is -0.355 e. The Morgan fingerprint density at radius 2 is 2.19 bits per heavy atom. The van der Waals surface area contributed by atoms with Gasteiger partial charge in [0, 0.05) is 17.2 Å². The van der Waals surface area contributed by atoms with E-state index < -0.39 is 0 Å². The van der Waals surface area contributed by atoms with E-state index in [1.54, 1.807) is 12.1 Å². The number of aromatic nitrogens is 1. The van der Waals surface area contributed by atoms with E-state index in [9.17, 15) is 9.59 Å². The molecule has 5 nitrogen and oxygen atoms in total. The van der Waals surface area contributed by atoms with Gasteiger partial charge in [0.2, 0.25) is 5.91 Å². The minimum atomic E-state index is -0.376. The summed E-state index contributed by atoms with van der Waals surface area (Å²) < 4.78 is 0.600. The van der Waals surface area contributed by atoms with Gasteiger partial charge < -0.3 is 10.6 Å². The van der Waals surface area contributed by atoms with Crippen LogP contribution in [0.25, 0.3) is 0 Å². The summed E-state index contributed by atoms with van der Waals surface area (Å²) in [7, 11) is 0. The molecule has 0 saturated carbocycles. The molecular weight excluding hydrogens is 274 g/mol. The van der Waals surface area contributed by atoms with Crippen molar-refractivity contribution in [3.8, 4) is 0 Å². The second-order valence-corrected chi connectivity index (χ2v) is 3.82. The molecule has 0 bridgehead atoms. The molecule has 6 heteroatoms. The Balaban J connectivity index is 2.54. The van der Waals surface area contributed by atoms with Gasteiger partial charge in [0.05, 0.1) is 6.54 Å². The zero-order chi connectivity index (χ0) is 12.0. The fourth-order valence-corrected chi connectivity index (χ4v) is 1.49. The van der Waals surface area contributed by atoms with Crippen LogP contribution in [0.15, 0.2) is 22.8 Å². The SMILES string of the molecule is CCNC(=O)CNC(=O)c1ncccc1Br. The van der Waals surface area contributed by atoms with Crippen LogP contribution >= 0.6 is 15.9 Å². The topological polar surface area (TPSA) is 71.1 Å². The Kier molecular flexibility index (Phi) is 4.91. The van der Waals surface area contributed by atoms with Gasteiger partial charge in [-0.15, -0.1) is 0 Å². The highest BCUT2D eigenvalue weighted by molar-refractivity contribution is 9.10. The van der Waals surface area contributed by atoms with Gasteiger partial charge in [-0.2, -0.15) is 0 Å². The Hall–Kier alpha value is -1.43. The van der Waals surface area contributed by atoms with E-state index in [0.717, 1.165) is 0 Å². The lowest BCUT2D eigenvalue weighted by Crippen LogP contribution is -2.37. The van der Waals surface area contributed by atoms with Crippen LogP contribution in [0.5, 0.6) is 0 Å². The number of halogens is 1. The zero-order valence-corrected chi connectivity index (χ0v) is 10.4. The fraction of sp³-hybridized carbons (Fsp3) is 0.300. The first kappa shape index (κ1) is 12.6. The standard InChI is InChI=1S/C10H12BrN3O2/c1-2-12-8(15)6-14-10(16)9-7(11)4-3-5-13-9/h3-5H,2,6H2,1H3,(H,12,15)(H,14,16). The first-order valence-electron chi connectivity index (χ1n) is 4.80. The monoisotopic (exact) mass is 285 g/mol. The van der Waals surface area contributed by atoms with Crippen molar-refractivity contribution in [2.75, 3.05) is 13.1 Å². The van der Waals surface area contributed by atoms with Crippen LogP contribution in [0.3, 0.4) is 0 Å². The Bertz CT molecular complexity index is 395. The molecule has 0 aromatic carbocycles. The molecule has 1 rings (SSSR count). The highest BCUT2D eigenvalue weighted by atomic mass is 79.9. The summed E-state index contributed by atoms with van der Waals surface area (Å²) in [5.74, 6) is -0.596. The van der Waals surface area contributed by atoms with Crippen LogP contribution in [0, 0.1) is 0 Å². The first-order chi connectivity index (χ1) is 7.65. The number of nitrogens with zero attached hydrogens (tertiary/aromatic N) is 1. The normalized spacial score (nSPS) is 9.62. The Morgan fingerprint density at radius 1 is 1.44 bits per heavy atom. The van der Waals surface area contributed by atoms with Gasteiger partial charge >= 0.3 is 0 Å². The molecule has 0 aliphatic rings. The first-order valence-corrected chi connectivity index (χ1v) is 5.60. The van der Waals surface area contributed by atoms with Crippen LogP contribution < -0.4 is 10.6 Å². The maximum atomic E-state index is 11.6. The number of pyridine rings is 1. The molecule has 0 radical (unpaired) electrons. The van der Waals surface area contributed by atoms with Gasteiger partial charge in [0.25, 0.3) is 5.91 Å². The van der Waals surface area contributed by atoms with Gasteiger partial charge in [0.15, 0.2) is 0 Å². The van der Waals surface area contributed by atoms with E-state index in [2.05, 4.69) is 31.5 Å². The second-order valence-electron chi connectivity index (χ2n) is 2.97. The fourth-order valence-electron chi connectivity index (χ4n) is 1.06. The summed E-state index contributed by atoms with van der Waals surface area (Å²) in [6.07, 6.45) is 1.52. The molecule has 86 valence electrons. The second kappa shape index (κ2) is 6.22. The average Bonchev–Trinajstić information content (AvgIpc) is 2.27. The van der Waals surface area contributed by atoms with Crippen molar-refractivity contribution in [1.29, 1.82) is 0 Å². The summed E-state index contributed by atoms with van der Waals surface area (Å²) in [6.45, 7) is 2.31. The Labute approximate surface area is 102 Å². The third-order valence-corrected chi connectivity index (χ3v) is 2.40. The van der Waals surface area contributed by atoms with Crippen molar-refractivity contribution in [2.45, 2.75) is 6.92 Å². The lowest BCUT2D eigenvalue weighted by Gasteiger charge is -2.05. The molecule has 16 heavy (non-hydrogen) atoms. The number of likely N-dealkylation sites (N-methyl/N-ethyl adjacent to an activating group) is 1. The molecule has 0 atom stereocenters. The molecule has 2 amide bonds. The summed E-state index contributed by atoms with van der Waals surface area (Å²) >= 11 is 3.21. The largest absolute Gasteiger partial charge is 0.355 e. The summed E-state index contributed by atoms with van der Waals surface area (Å²) in [4.78, 5) is 26.6. The summed E-state index contributed by atoms with van der Waals surface area (Å²) in [5.41, 5.74) is 0.270. The van der Waals surface area contributed by atoms with Crippen molar-refractivity contribution < 1.29 is 9.59 Å². The molecule has 0 fully saturated rings. The van der Waals surface area contributed by atoms with E-state index in [0.29, 0.717) is 11.0 Å². The average molecular weight is 286 g/mol. The number of hydrogen-bond donors (Lipinski definition) is 2. The van der Waals surface area contributed by atoms with Gasteiger partial charge in [-0.25, -0.2) is 4.98 Å². The maximum absolute atomic E-state index is 11.6. The highest BCUT2D eigenvalue weighted by Crippen LogP contribution is 2.12. The number of nitrogens with one attached hydrogen (secondary N) is 2. The lowest BCUT2D eigenvalue weighted by atomic mass is 10.3. The lowest BCUT2D eigenvalue weighted by molar-refractivity contribution is -0.120. The summed E-state index contributed by atoms with van der Waals surface area (Å²) in [6, 6.07) is 3.43. The van der Waals surface area contributed by atoms with Crippen LogP contribution in [0.4, 0.5) is 0 Å². The third-order valence-electron chi connectivity index (χ3n) is 1.76.